The molecule has 0 spiro atoms. The smallest absolute Gasteiger partial charge is 0.333 e. The molecule has 0 bridgehead atoms. The van der Waals surface area contributed by atoms with E-state index in [0.717, 1.165) is 77.0 Å². The topological polar surface area (TPSA) is 91.3 Å². The van der Waals surface area contributed by atoms with Crippen LogP contribution >= 0.6 is 0 Å². The minimum Gasteiger partial charge on any atom is -0.459 e. The minimum atomic E-state index is -0.505. The van der Waals surface area contributed by atoms with Gasteiger partial charge in [0.2, 0.25) is 0 Å². The summed E-state index contributed by atoms with van der Waals surface area (Å²) in [5.41, 5.74) is 1.60. The van der Waals surface area contributed by atoms with Gasteiger partial charge in [-0.1, -0.05) is 40.9 Å². The van der Waals surface area contributed by atoms with E-state index in [2.05, 4.69) is 47.8 Å². The molecule has 4 fully saturated rings. The van der Waals surface area contributed by atoms with Gasteiger partial charge in [0.05, 0.1) is 37.1 Å². The van der Waals surface area contributed by atoms with Gasteiger partial charge in [0.15, 0.2) is 5.78 Å². The average molecular weight is 729 g/mol. The van der Waals surface area contributed by atoms with Crippen molar-refractivity contribution in [1.82, 2.24) is 0 Å². The number of hydrogen-bond acceptors (Lipinski definition) is 7. The Hall–Kier alpha value is -1.54. The van der Waals surface area contributed by atoms with Crippen molar-refractivity contribution in [3.05, 3.63) is 24.3 Å². The SMILES string of the molecule is C=C(C)C(=O)OC1CCC(C(C)(C)C2CCC(OC(C)CC(O)COC3CCC(C(C)(C)C4CCC(OC(C)C(=O)C(=C)C)CC4)CC3)CC2)CC1. The van der Waals surface area contributed by atoms with E-state index in [1.165, 1.54) is 25.7 Å². The molecule has 7 nitrogen and oxygen atoms in total. The normalized spacial score (nSPS) is 32.3. The van der Waals surface area contributed by atoms with E-state index in [0.29, 0.717) is 47.8 Å². The molecule has 52 heavy (non-hydrogen) atoms. The summed E-state index contributed by atoms with van der Waals surface area (Å²) in [7, 11) is 0. The van der Waals surface area contributed by atoms with Gasteiger partial charge in [-0.25, -0.2) is 4.79 Å². The van der Waals surface area contributed by atoms with Gasteiger partial charge in [-0.15, -0.1) is 0 Å². The maximum absolute atomic E-state index is 12.2. The number of aliphatic hydroxyl groups excluding tert-OH is 1. The zero-order valence-corrected chi connectivity index (χ0v) is 34.4. The number of carbonyl (C=O) groups is 2. The highest BCUT2D eigenvalue weighted by Gasteiger charge is 2.43. The first-order chi connectivity index (χ1) is 24.5. The van der Waals surface area contributed by atoms with Crippen LogP contribution in [0.15, 0.2) is 24.3 Å². The van der Waals surface area contributed by atoms with Gasteiger partial charge in [-0.3, -0.25) is 4.79 Å². The highest BCUT2D eigenvalue weighted by Crippen LogP contribution is 2.50. The lowest BCUT2D eigenvalue weighted by Gasteiger charge is -2.47. The molecule has 0 amide bonds. The first-order valence-electron chi connectivity index (χ1n) is 21.1. The predicted molar refractivity (Wildman–Crippen MR) is 209 cm³/mol. The van der Waals surface area contributed by atoms with Crippen LogP contribution in [-0.4, -0.2) is 66.2 Å². The summed E-state index contributed by atoms with van der Waals surface area (Å²) in [5, 5.41) is 10.9. The summed E-state index contributed by atoms with van der Waals surface area (Å²) in [4.78, 5) is 24.2. The molecule has 0 radical (unpaired) electrons. The zero-order chi connectivity index (χ0) is 38.2. The fourth-order valence-corrected chi connectivity index (χ4v) is 10.5. The number of esters is 1. The molecule has 4 rings (SSSR count). The van der Waals surface area contributed by atoms with Crippen LogP contribution in [0.4, 0.5) is 0 Å². The predicted octanol–water partition coefficient (Wildman–Crippen LogP) is 10.1. The van der Waals surface area contributed by atoms with Crippen molar-refractivity contribution in [2.45, 2.75) is 207 Å². The molecule has 7 heteroatoms. The Bertz CT molecular complexity index is 1160. The Morgan fingerprint density at radius 3 is 1.40 bits per heavy atom. The Morgan fingerprint density at radius 1 is 0.615 bits per heavy atom. The van der Waals surface area contributed by atoms with E-state index in [1.807, 2.05) is 6.92 Å². The van der Waals surface area contributed by atoms with Crippen LogP contribution in [0, 0.1) is 34.5 Å². The molecule has 0 aliphatic heterocycles. The Labute approximate surface area is 317 Å². The highest BCUT2D eigenvalue weighted by molar-refractivity contribution is 5.97. The van der Waals surface area contributed by atoms with Crippen LogP contribution in [-0.2, 0) is 28.5 Å². The van der Waals surface area contributed by atoms with Gasteiger partial charge in [0, 0.05) is 12.0 Å². The van der Waals surface area contributed by atoms with Crippen molar-refractivity contribution in [3.8, 4) is 0 Å². The lowest BCUT2D eigenvalue weighted by molar-refractivity contribution is -0.146. The molecule has 0 saturated heterocycles. The van der Waals surface area contributed by atoms with Crippen LogP contribution in [0.3, 0.4) is 0 Å². The Morgan fingerprint density at radius 2 is 1.00 bits per heavy atom. The first-order valence-corrected chi connectivity index (χ1v) is 21.1. The van der Waals surface area contributed by atoms with E-state index >= 15 is 0 Å². The van der Waals surface area contributed by atoms with Crippen molar-refractivity contribution in [2.75, 3.05) is 6.61 Å². The monoisotopic (exact) mass is 729 g/mol. The summed E-state index contributed by atoms with van der Waals surface area (Å²) < 4.78 is 24.5. The average Bonchev–Trinajstić information content (AvgIpc) is 3.11. The van der Waals surface area contributed by atoms with E-state index in [1.54, 1.807) is 13.8 Å². The van der Waals surface area contributed by atoms with Crippen molar-refractivity contribution in [3.63, 3.8) is 0 Å². The minimum absolute atomic E-state index is 0.0113. The molecule has 4 aliphatic carbocycles. The van der Waals surface area contributed by atoms with E-state index in [9.17, 15) is 14.7 Å². The third-order valence-corrected chi connectivity index (χ3v) is 14.3. The molecule has 0 aromatic rings. The number of ether oxygens (including phenoxy) is 4. The van der Waals surface area contributed by atoms with Crippen LogP contribution < -0.4 is 0 Å². The molecule has 4 aliphatic rings. The number of aliphatic hydroxyl groups is 1. The lowest BCUT2D eigenvalue weighted by Crippen LogP contribution is -2.40. The quantitative estimate of drug-likeness (QED) is 0.118. The van der Waals surface area contributed by atoms with E-state index in [-0.39, 0.29) is 53.1 Å². The Kier molecular flexibility index (Phi) is 16.1. The third-order valence-electron chi connectivity index (χ3n) is 14.3. The third kappa shape index (κ3) is 12.0. The molecule has 4 saturated carbocycles. The largest absolute Gasteiger partial charge is 0.459 e. The second kappa shape index (κ2) is 19.4. The van der Waals surface area contributed by atoms with Crippen LogP contribution in [0.1, 0.15) is 165 Å². The first kappa shape index (κ1) is 43.2. The van der Waals surface area contributed by atoms with Gasteiger partial charge >= 0.3 is 5.97 Å². The number of ketones is 1. The Balaban J connectivity index is 1.08. The van der Waals surface area contributed by atoms with Crippen molar-refractivity contribution in [1.29, 1.82) is 0 Å². The van der Waals surface area contributed by atoms with Crippen LogP contribution in [0.5, 0.6) is 0 Å². The summed E-state index contributed by atoms with van der Waals surface area (Å²) in [5.74, 6) is 2.47. The number of carbonyl (C=O) groups excluding carboxylic acids is 2. The summed E-state index contributed by atoms with van der Waals surface area (Å²) in [6.07, 6.45) is 18.0. The van der Waals surface area contributed by atoms with Gasteiger partial charge < -0.3 is 24.1 Å². The molecule has 0 aromatic heterocycles. The summed E-state index contributed by atoms with van der Waals surface area (Å²) in [6.45, 7) is 25.2. The maximum Gasteiger partial charge on any atom is 0.333 e. The number of hydrogen-bond donors (Lipinski definition) is 1. The number of Topliss-reactive ketones (excluding diaryl/α,β-unsaturated/α-hetero) is 1. The molecule has 0 heterocycles. The van der Waals surface area contributed by atoms with Crippen molar-refractivity contribution in [2.24, 2.45) is 34.5 Å². The molecular formula is C45H76O7. The highest BCUT2D eigenvalue weighted by atomic mass is 16.5. The van der Waals surface area contributed by atoms with E-state index in [4.69, 9.17) is 18.9 Å². The van der Waals surface area contributed by atoms with Crippen LogP contribution in [0.25, 0.3) is 0 Å². The van der Waals surface area contributed by atoms with Crippen molar-refractivity contribution >= 4 is 11.8 Å². The van der Waals surface area contributed by atoms with Crippen molar-refractivity contribution < 1.29 is 33.6 Å². The standard InChI is InChI=1S/C45H76O7/c1-29(2)42(47)32(6)51-40-23-15-35(16-24-40)44(7,8)33-11-19-38(20-12-33)49-28-37(46)27-31(5)50-39-21-13-34(14-22-39)45(9,10)36-17-25-41(26-18-36)52-43(48)30(3)4/h31-41,46H,1,3,11-28H2,2,4-10H3. The number of rotatable bonds is 17. The summed E-state index contributed by atoms with van der Waals surface area (Å²) >= 11 is 0. The molecule has 1 N–H and O–H groups in total. The second-order valence-electron chi connectivity index (χ2n) is 18.8. The molecule has 298 valence electrons. The van der Waals surface area contributed by atoms with Gasteiger partial charge in [0.1, 0.15) is 12.2 Å². The zero-order valence-electron chi connectivity index (χ0n) is 34.4. The molecule has 3 atom stereocenters. The fourth-order valence-electron chi connectivity index (χ4n) is 10.5. The van der Waals surface area contributed by atoms with Gasteiger partial charge in [0.25, 0.3) is 0 Å². The molecular weight excluding hydrogens is 652 g/mol. The maximum atomic E-state index is 12.2. The van der Waals surface area contributed by atoms with Crippen LogP contribution in [0.2, 0.25) is 0 Å². The second-order valence-corrected chi connectivity index (χ2v) is 18.8. The van der Waals surface area contributed by atoms with Gasteiger partial charge in [-0.2, -0.15) is 0 Å². The lowest BCUT2D eigenvalue weighted by atomic mass is 9.60. The van der Waals surface area contributed by atoms with Gasteiger partial charge in [-0.05, 0) is 171 Å². The molecule has 0 aromatic carbocycles. The fraction of sp³-hybridized carbons (Fsp3) is 0.867. The molecule has 3 unspecified atom stereocenters. The van der Waals surface area contributed by atoms with E-state index < -0.39 is 12.2 Å². The summed E-state index contributed by atoms with van der Waals surface area (Å²) in [6, 6.07) is 0.